The Morgan fingerprint density at radius 1 is 1.48 bits per heavy atom. The average Bonchev–Trinajstić information content (AvgIpc) is 2.37. The summed E-state index contributed by atoms with van der Waals surface area (Å²) in [6.07, 6.45) is -4.97. The average molecular weight is 306 g/mol. The second-order valence-corrected chi connectivity index (χ2v) is 4.16. The lowest BCUT2D eigenvalue weighted by Gasteiger charge is -2.12. The first kappa shape index (κ1) is 16.9. The molecule has 1 rings (SSSR count). The summed E-state index contributed by atoms with van der Waals surface area (Å²) in [7, 11) is 0. The summed E-state index contributed by atoms with van der Waals surface area (Å²) < 4.78 is 42.2. The number of esters is 1. The summed E-state index contributed by atoms with van der Waals surface area (Å²) in [5.74, 6) is -0.772. The van der Waals surface area contributed by atoms with Gasteiger partial charge in [0.1, 0.15) is 6.04 Å². The molecule has 0 amide bonds. The van der Waals surface area contributed by atoms with Crippen LogP contribution in [0.5, 0.6) is 0 Å². The van der Waals surface area contributed by atoms with Crippen molar-refractivity contribution < 1.29 is 27.6 Å². The van der Waals surface area contributed by atoms with Crippen molar-refractivity contribution in [2.45, 2.75) is 25.6 Å². The van der Waals surface area contributed by atoms with E-state index in [1.165, 1.54) is 0 Å². The van der Waals surface area contributed by atoms with Crippen LogP contribution in [0.4, 0.5) is 18.9 Å². The molecule has 0 aliphatic carbocycles. The van der Waals surface area contributed by atoms with Crippen LogP contribution in [0.15, 0.2) is 18.2 Å². The van der Waals surface area contributed by atoms with Gasteiger partial charge >= 0.3 is 12.1 Å². The molecular weight excluding hydrogens is 293 g/mol. The van der Waals surface area contributed by atoms with E-state index in [9.17, 15) is 28.1 Å². The minimum absolute atomic E-state index is 0.0615. The van der Waals surface area contributed by atoms with Gasteiger partial charge in [0.2, 0.25) is 0 Å². The summed E-state index contributed by atoms with van der Waals surface area (Å²) in [6, 6.07) is 0.897. The molecule has 1 atom stereocenters. The molecule has 0 radical (unpaired) electrons. The molecular formula is C12H13F3N2O4. The van der Waals surface area contributed by atoms with Crippen LogP contribution in [0.25, 0.3) is 0 Å². The number of carbonyl (C=O) groups excluding carboxylic acids is 1. The van der Waals surface area contributed by atoms with E-state index in [0.717, 1.165) is 6.07 Å². The summed E-state index contributed by atoms with van der Waals surface area (Å²) in [4.78, 5) is 21.3. The molecule has 0 aliphatic rings. The summed E-state index contributed by atoms with van der Waals surface area (Å²) in [5, 5.41) is 10.9. The second-order valence-electron chi connectivity index (χ2n) is 4.16. The van der Waals surface area contributed by atoms with Crippen molar-refractivity contribution in [1.29, 1.82) is 0 Å². The van der Waals surface area contributed by atoms with Gasteiger partial charge in [-0.05, 0) is 13.0 Å². The number of nitro benzene ring substituents is 1. The third kappa shape index (κ3) is 4.42. The van der Waals surface area contributed by atoms with Crippen LogP contribution in [0.3, 0.4) is 0 Å². The van der Waals surface area contributed by atoms with Gasteiger partial charge in [-0.3, -0.25) is 14.9 Å². The lowest BCUT2D eigenvalue weighted by Crippen LogP contribution is -2.34. The molecule has 9 heteroatoms. The van der Waals surface area contributed by atoms with Crippen LogP contribution in [-0.4, -0.2) is 23.5 Å². The van der Waals surface area contributed by atoms with E-state index in [-0.39, 0.29) is 18.6 Å². The zero-order chi connectivity index (χ0) is 16.2. The Kier molecular flexibility index (Phi) is 5.25. The summed E-state index contributed by atoms with van der Waals surface area (Å²) in [5.41, 5.74) is 3.58. The number of nitrogens with two attached hydrogens (primary N) is 1. The van der Waals surface area contributed by atoms with E-state index in [1.54, 1.807) is 6.92 Å². The van der Waals surface area contributed by atoms with Gasteiger partial charge in [-0.15, -0.1) is 0 Å². The number of alkyl halides is 3. The first-order valence-corrected chi connectivity index (χ1v) is 5.93. The predicted octanol–water partition coefficient (Wildman–Crippen LogP) is 2.05. The van der Waals surface area contributed by atoms with Crippen molar-refractivity contribution >= 4 is 11.7 Å². The van der Waals surface area contributed by atoms with E-state index >= 15 is 0 Å². The standard InChI is InChI=1S/C12H13F3N2O4/c1-2-21-11(18)9(16)5-7-3-4-8(12(13,14)15)6-10(7)17(19)20/h3-4,6,9H,2,5,16H2,1H3. The highest BCUT2D eigenvalue weighted by Gasteiger charge is 2.33. The molecule has 21 heavy (non-hydrogen) atoms. The third-order valence-corrected chi connectivity index (χ3v) is 2.64. The van der Waals surface area contributed by atoms with Crippen molar-refractivity contribution in [2.24, 2.45) is 5.73 Å². The van der Waals surface area contributed by atoms with E-state index in [2.05, 4.69) is 4.74 Å². The third-order valence-electron chi connectivity index (χ3n) is 2.64. The first-order chi connectivity index (χ1) is 9.66. The number of halogens is 3. The number of hydrogen-bond acceptors (Lipinski definition) is 5. The Morgan fingerprint density at radius 3 is 2.57 bits per heavy atom. The van der Waals surface area contributed by atoms with Gasteiger partial charge in [0.05, 0.1) is 17.1 Å². The molecule has 0 fully saturated rings. The molecule has 2 N–H and O–H groups in total. The molecule has 0 heterocycles. The van der Waals surface area contributed by atoms with Crippen LogP contribution < -0.4 is 5.73 Å². The Bertz CT molecular complexity index is 546. The van der Waals surface area contributed by atoms with Crippen LogP contribution >= 0.6 is 0 Å². The number of hydrogen-bond donors (Lipinski definition) is 1. The Morgan fingerprint density at radius 2 is 2.10 bits per heavy atom. The number of nitrogens with zero attached hydrogens (tertiary/aromatic N) is 1. The van der Waals surface area contributed by atoms with Gasteiger partial charge in [-0.1, -0.05) is 6.07 Å². The maximum absolute atomic E-state index is 12.5. The molecule has 1 aromatic carbocycles. The molecule has 1 aromatic rings. The minimum Gasteiger partial charge on any atom is -0.465 e. The fourth-order valence-corrected chi connectivity index (χ4v) is 1.65. The van der Waals surface area contributed by atoms with Gasteiger partial charge in [-0.2, -0.15) is 13.2 Å². The second kappa shape index (κ2) is 6.53. The highest BCUT2D eigenvalue weighted by Crippen LogP contribution is 2.33. The van der Waals surface area contributed by atoms with E-state index in [0.29, 0.717) is 12.1 Å². The number of rotatable bonds is 5. The minimum atomic E-state index is -4.69. The molecule has 0 saturated heterocycles. The Hall–Kier alpha value is -2.16. The number of benzene rings is 1. The van der Waals surface area contributed by atoms with Crippen molar-refractivity contribution in [3.05, 3.63) is 39.4 Å². The highest BCUT2D eigenvalue weighted by molar-refractivity contribution is 5.76. The van der Waals surface area contributed by atoms with Crippen LogP contribution in [0, 0.1) is 10.1 Å². The molecule has 0 aromatic heterocycles. The van der Waals surface area contributed by atoms with Gasteiger partial charge < -0.3 is 10.5 Å². The first-order valence-electron chi connectivity index (χ1n) is 5.93. The lowest BCUT2D eigenvalue weighted by molar-refractivity contribution is -0.385. The number of carbonyl (C=O) groups is 1. The Balaban J connectivity index is 3.08. The zero-order valence-corrected chi connectivity index (χ0v) is 11.0. The Labute approximate surface area is 117 Å². The number of ether oxygens (including phenoxy) is 1. The van der Waals surface area contributed by atoms with E-state index < -0.39 is 34.4 Å². The largest absolute Gasteiger partial charge is 0.465 e. The zero-order valence-electron chi connectivity index (χ0n) is 11.0. The molecule has 0 saturated carbocycles. The fourth-order valence-electron chi connectivity index (χ4n) is 1.65. The van der Waals surface area contributed by atoms with Gasteiger partial charge in [0.25, 0.3) is 5.69 Å². The topological polar surface area (TPSA) is 95.5 Å². The molecule has 6 nitrogen and oxygen atoms in total. The maximum Gasteiger partial charge on any atom is 0.416 e. The molecule has 1 unspecified atom stereocenters. The summed E-state index contributed by atoms with van der Waals surface area (Å²) >= 11 is 0. The van der Waals surface area contributed by atoms with Crippen molar-refractivity contribution in [2.75, 3.05) is 6.61 Å². The van der Waals surface area contributed by atoms with Crippen LogP contribution in [0.1, 0.15) is 18.1 Å². The van der Waals surface area contributed by atoms with Crippen LogP contribution in [-0.2, 0) is 22.1 Å². The monoisotopic (exact) mass is 306 g/mol. The predicted molar refractivity (Wildman–Crippen MR) is 66.4 cm³/mol. The molecule has 0 bridgehead atoms. The van der Waals surface area contributed by atoms with Gasteiger partial charge in [0.15, 0.2) is 0 Å². The molecule has 0 spiro atoms. The van der Waals surface area contributed by atoms with Crippen molar-refractivity contribution in [3.8, 4) is 0 Å². The van der Waals surface area contributed by atoms with E-state index in [1.807, 2.05) is 0 Å². The summed E-state index contributed by atoms with van der Waals surface area (Å²) in [6.45, 7) is 1.65. The van der Waals surface area contributed by atoms with Crippen molar-refractivity contribution in [3.63, 3.8) is 0 Å². The normalized spacial score (nSPS) is 12.8. The quantitative estimate of drug-likeness (QED) is 0.510. The lowest BCUT2D eigenvalue weighted by atomic mass is 10.0. The fraction of sp³-hybridized carbons (Fsp3) is 0.417. The highest BCUT2D eigenvalue weighted by atomic mass is 19.4. The van der Waals surface area contributed by atoms with Gasteiger partial charge in [0, 0.05) is 18.1 Å². The van der Waals surface area contributed by atoms with E-state index in [4.69, 9.17) is 5.73 Å². The van der Waals surface area contributed by atoms with Crippen LogP contribution in [0.2, 0.25) is 0 Å². The van der Waals surface area contributed by atoms with Crippen molar-refractivity contribution in [1.82, 2.24) is 0 Å². The molecule has 116 valence electrons. The van der Waals surface area contributed by atoms with Gasteiger partial charge in [-0.25, -0.2) is 0 Å². The smallest absolute Gasteiger partial charge is 0.416 e. The SMILES string of the molecule is CCOC(=O)C(N)Cc1ccc(C(F)(F)F)cc1[N+](=O)[O-]. The molecule has 0 aliphatic heterocycles. The maximum atomic E-state index is 12.5. The number of nitro groups is 1.